The van der Waals surface area contributed by atoms with E-state index < -0.39 is 0 Å². The molecular weight excluding hydrogens is 246 g/mol. The van der Waals surface area contributed by atoms with Gasteiger partial charge in [0.15, 0.2) is 0 Å². The second-order valence-electron chi connectivity index (χ2n) is 5.02. The molecule has 1 N–H and O–H groups in total. The highest BCUT2D eigenvalue weighted by Crippen LogP contribution is 2.28. The van der Waals surface area contributed by atoms with Crippen molar-refractivity contribution in [3.63, 3.8) is 0 Å². The van der Waals surface area contributed by atoms with Gasteiger partial charge in [0.1, 0.15) is 12.7 Å². The van der Waals surface area contributed by atoms with E-state index in [0.29, 0.717) is 18.3 Å². The summed E-state index contributed by atoms with van der Waals surface area (Å²) >= 11 is 0. The van der Waals surface area contributed by atoms with Crippen LogP contribution in [0.15, 0.2) is 12.3 Å². The standard InChI is InChI=1S/C13H19N3O3/c17-8-10-3-4-14-13(15-10)19-9-12-7-16(5-6-18-12)11-1-2-11/h3-4,11-12,17H,1-2,5-9H2/t12-/m0/s1. The minimum atomic E-state index is -0.103. The van der Waals surface area contributed by atoms with Crippen LogP contribution in [0.5, 0.6) is 6.01 Å². The maximum absolute atomic E-state index is 9.00. The number of morpholine rings is 1. The van der Waals surface area contributed by atoms with Gasteiger partial charge in [-0.3, -0.25) is 4.90 Å². The van der Waals surface area contributed by atoms with Gasteiger partial charge < -0.3 is 14.6 Å². The van der Waals surface area contributed by atoms with Crippen LogP contribution in [-0.2, 0) is 11.3 Å². The van der Waals surface area contributed by atoms with E-state index >= 15 is 0 Å². The van der Waals surface area contributed by atoms with E-state index in [9.17, 15) is 0 Å². The summed E-state index contributed by atoms with van der Waals surface area (Å²) in [6.07, 6.45) is 4.30. The van der Waals surface area contributed by atoms with Crippen LogP contribution in [0.3, 0.4) is 0 Å². The summed E-state index contributed by atoms with van der Waals surface area (Å²) in [5.41, 5.74) is 0.564. The first-order valence-corrected chi connectivity index (χ1v) is 6.76. The van der Waals surface area contributed by atoms with Gasteiger partial charge in [-0.25, -0.2) is 4.98 Å². The predicted octanol–water partition coefficient (Wildman–Crippen LogP) is 0.211. The van der Waals surface area contributed by atoms with E-state index in [2.05, 4.69) is 14.9 Å². The van der Waals surface area contributed by atoms with E-state index in [1.807, 2.05) is 0 Å². The first-order valence-electron chi connectivity index (χ1n) is 6.76. The molecule has 3 rings (SSSR count). The Morgan fingerprint density at radius 1 is 1.47 bits per heavy atom. The van der Waals surface area contributed by atoms with Gasteiger partial charge in [0.2, 0.25) is 0 Å². The van der Waals surface area contributed by atoms with E-state index in [1.165, 1.54) is 12.8 Å². The second-order valence-corrected chi connectivity index (χ2v) is 5.02. The van der Waals surface area contributed by atoms with Gasteiger partial charge in [-0.15, -0.1) is 0 Å². The number of aromatic nitrogens is 2. The Labute approximate surface area is 112 Å². The lowest BCUT2D eigenvalue weighted by atomic mass is 10.3. The van der Waals surface area contributed by atoms with E-state index in [1.54, 1.807) is 12.3 Å². The highest BCUT2D eigenvalue weighted by molar-refractivity contribution is 5.04. The molecule has 0 spiro atoms. The summed E-state index contributed by atoms with van der Waals surface area (Å²) in [7, 11) is 0. The van der Waals surface area contributed by atoms with Crippen molar-refractivity contribution in [2.45, 2.75) is 31.6 Å². The highest BCUT2D eigenvalue weighted by Gasteiger charge is 2.33. The van der Waals surface area contributed by atoms with Gasteiger partial charge >= 0.3 is 6.01 Å². The molecular formula is C13H19N3O3. The van der Waals surface area contributed by atoms with E-state index in [-0.39, 0.29) is 12.7 Å². The van der Waals surface area contributed by atoms with Gasteiger partial charge in [0.25, 0.3) is 0 Å². The molecule has 104 valence electrons. The summed E-state index contributed by atoms with van der Waals surface area (Å²) in [5.74, 6) is 0. The molecule has 1 aromatic rings. The van der Waals surface area contributed by atoms with Gasteiger partial charge in [0, 0.05) is 25.3 Å². The Kier molecular flexibility index (Phi) is 3.91. The fraction of sp³-hybridized carbons (Fsp3) is 0.692. The topological polar surface area (TPSA) is 67.7 Å². The number of ether oxygens (including phenoxy) is 2. The lowest BCUT2D eigenvalue weighted by Crippen LogP contribution is -2.45. The Morgan fingerprint density at radius 3 is 3.16 bits per heavy atom. The number of hydrogen-bond donors (Lipinski definition) is 1. The van der Waals surface area contributed by atoms with Gasteiger partial charge in [-0.05, 0) is 18.9 Å². The number of nitrogens with zero attached hydrogens (tertiary/aromatic N) is 3. The van der Waals surface area contributed by atoms with Crippen LogP contribution in [-0.4, -0.2) is 58.4 Å². The Bertz CT molecular complexity index is 425. The normalized spacial score (nSPS) is 24.4. The van der Waals surface area contributed by atoms with Crippen LogP contribution >= 0.6 is 0 Å². The molecule has 6 heteroatoms. The fourth-order valence-electron chi connectivity index (χ4n) is 2.32. The molecule has 1 aliphatic carbocycles. The SMILES string of the molecule is OCc1ccnc(OC[C@@H]2CN(C3CC3)CCO2)n1. The summed E-state index contributed by atoms with van der Waals surface area (Å²) < 4.78 is 11.2. The van der Waals surface area contributed by atoms with Crippen molar-refractivity contribution in [3.05, 3.63) is 18.0 Å². The Hall–Kier alpha value is -1.24. The largest absolute Gasteiger partial charge is 0.461 e. The maximum atomic E-state index is 9.00. The lowest BCUT2D eigenvalue weighted by molar-refractivity contribution is -0.0517. The molecule has 0 radical (unpaired) electrons. The molecule has 2 fully saturated rings. The number of aliphatic hydroxyl groups excluding tert-OH is 1. The molecule has 0 unspecified atom stereocenters. The van der Waals surface area contributed by atoms with Crippen molar-refractivity contribution < 1.29 is 14.6 Å². The molecule has 1 saturated carbocycles. The van der Waals surface area contributed by atoms with Crippen LogP contribution in [0.2, 0.25) is 0 Å². The summed E-state index contributed by atoms with van der Waals surface area (Å²) in [6, 6.07) is 2.73. The summed E-state index contributed by atoms with van der Waals surface area (Å²) in [4.78, 5) is 10.6. The van der Waals surface area contributed by atoms with Crippen LogP contribution < -0.4 is 4.74 Å². The summed E-state index contributed by atoms with van der Waals surface area (Å²) in [5, 5.41) is 9.00. The number of aliphatic hydroxyl groups is 1. The average Bonchev–Trinajstić information content (AvgIpc) is 3.30. The van der Waals surface area contributed by atoms with Crippen molar-refractivity contribution in [2.75, 3.05) is 26.3 Å². The zero-order valence-corrected chi connectivity index (χ0v) is 10.9. The second kappa shape index (κ2) is 5.81. The van der Waals surface area contributed by atoms with Crippen molar-refractivity contribution in [1.82, 2.24) is 14.9 Å². The Morgan fingerprint density at radius 2 is 2.37 bits per heavy atom. The molecule has 0 aromatic carbocycles. The number of hydrogen-bond acceptors (Lipinski definition) is 6. The number of rotatable bonds is 5. The van der Waals surface area contributed by atoms with Crippen LogP contribution in [0.4, 0.5) is 0 Å². The van der Waals surface area contributed by atoms with Gasteiger partial charge in [0.05, 0.1) is 18.9 Å². The van der Waals surface area contributed by atoms with Gasteiger partial charge in [-0.1, -0.05) is 0 Å². The van der Waals surface area contributed by atoms with E-state index in [0.717, 1.165) is 25.7 Å². The fourth-order valence-corrected chi connectivity index (χ4v) is 2.32. The zero-order chi connectivity index (χ0) is 13.1. The van der Waals surface area contributed by atoms with Crippen molar-refractivity contribution in [2.24, 2.45) is 0 Å². The quantitative estimate of drug-likeness (QED) is 0.821. The first kappa shape index (κ1) is 12.8. The van der Waals surface area contributed by atoms with Gasteiger partial charge in [-0.2, -0.15) is 4.98 Å². The molecule has 1 aliphatic heterocycles. The first-order chi connectivity index (χ1) is 9.35. The third kappa shape index (κ3) is 3.40. The monoisotopic (exact) mass is 265 g/mol. The minimum absolute atomic E-state index is 0.0794. The van der Waals surface area contributed by atoms with Crippen molar-refractivity contribution in [1.29, 1.82) is 0 Å². The molecule has 2 aliphatic rings. The van der Waals surface area contributed by atoms with E-state index in [4.69, 9.17) is 14.6 Å². The zero-order valence-electron chi connectivity index (χ0n) is 10.9. The van der Waals surface area contributed by atoms with Crippen LogP contribution in [0.25, 0.3) is 0 Å². The van der Waals surface area contributed by atoms with Crippen LogP contribution in [0, 0.1) is 0 Å². The molecule has 19 heavy (non-hydrogen) atoms. The average molecular weight is 265 g/mol. The lowest BCUT2D eigenvalue weighted by Gasteiger charge is -2.32. The minimum Gasteiger partial charge on any atom is -0.461 e. The third-order valence-electron chi connectivity index (χ3n) is 3.48. The third-order valence-corrected chi connectivity index (χ3v) is 3.48. The van der Waals surface area contributed by atoms with Crippen molar-refractivity contribution in [3.8, 4) is 6.01 Å². The highest BCUT2D eigenvalue weighted by atomic mass is 16.5. The Balaban J connectivity index is 1.50. The molecule has 6 nitrogen and oxygen atoms in total. The van der Waals surface area contributed by atoms with Crippen LogP contribution in [0.1, 0.15) is 18.5 Å². The molecule has 0 bridgehead atoms. The molecule has 1 saturated heterocycles. The predicted molar refractivity (Wildman–Crippen MR) is 67.8 cm³/mol. The molecule has 1 atom stereocenters. The molecule has 0 amide bonds. The maximum Gasteiger partial charge on any atom is 0.316 e. The smallest absolute Gasteiger partial charge is 0.316 e. The van der Waals surface area contributed by atoms with Crippen molar-refractivity contribution >= 4 is 0 Å². The summed E-state index contributed by atoms with van der Waals surface area (Å²) in [6.45, 7) is 3.07. The molecule has 2 heterocycles. The molecule has 1 aromatic heterocycles.